The number of carbonyl (C=O) groups is 1. The van der Waals surface area contributed by atoms with Crippen LogP contribution in [0, 0.1) is 0 Å². The van der Waals surface area contributed by atoms with E-state index >= 15 is 0 Å². The van der Waals surface area contributed by atoms with Gasteiger partial charge < -0.3 is 10.1 Å². The highest BCUT2D eigenvalue weighted by molar-refractivity contribution is 7.88. The van der Waals surface area contributed by atoms with Crippen molar-refractivity contribution in [2.24, 2.45) is 0 Å². The summed E-state index contributed by atoms with van der Waals surface area (Å²) in [5.41, 5.74) is 0.802. The van der Waals surface area contributed by atoms with E-state index in [2.05, 4.69) is 5.32 Å². The van der Waals surface area contributed by atoms with Crippen molar-refractivity contribution in [3.63, 3.8) is 0 Å². The molecule has 1 aromatic rings. The van der Waals surface area contributed by atoms with Gasteiger partial charge >= 0.3 is 0 Å². The molecule has 1 aliphatic rings. The van der Waals surface area contributed by atoms with Gasteiger partial charge in [-0.05, 0) is 18.4 Å². The number of amides is 1. The van der Waals surface area contributed by atoms with Gasteiger partial charge in [0.15, 0.2) is 6.10 Å². The molecular formula is C15H22N2O4S. The molecular weight excluding hydrogens is 304 g/mol. The molecule has 6 nitrogen and oxygen atoms in total. The molecule has 1 saturated heterocycles. The van der Waals surface area contributed by atoms with Crippen molar-refractivity contribution in [2.75, 3.05) is 26.5 Å². The third-order valence-electron chi connectivity index (χ3n) is 3.85. The molecule has 0 saturated carbocycles. The van der Waals surface area contributed by atoms with E-state index in [1.165, 1.54) is 17.7 Å². The Balaban J connectivity index is 1.92. The van der Waals surface area contributed by atoms with Gasteiger partial charge in [0, 0.05) is 26.2 Å². The Kier molecular flexibility index (Phi) is 5.55. The monoisotopic (exact) mass is 326 g/mol. The van der Waals surface area contributed by atoms with Crippen LogP contribution in [0.3, 0.4) is 0 Å². The van der Waals surface area contributed by atoms with Crippen LogP contribution in [0.25, 0.3) is 0 Å². The fourth-order valence-corrected chi connectivity index (χ4v) is 3.51. The second-order valence-electron chi connectivity index (χ2n) is 5.47. The zero-order valence-electron chi connectivity index (χ0n) is 12.9. The van der Waals surface area contributed by atoms with Crippen LogP contribution in [0.5, 0.6) is 0 Å². The van der Waals surface area contributed by atoms with E-state index in [9.17, 15) is 13.2 Å². The standard InChI is InChI=1S/C15H22N2O4S/c1-21-14(12-6-4-3-5-7-12)15(18)16-13-8-10-17(11-9-13)22(2,19)20/h3-7,13-14H,8-11H2,1-2H3,(H,16,18). The predicted octanol–water partition coefficient (Wildman–Crippen LogP) is 0.914. The highest BCUT2D eigenvalue weighted by Gasteiger charge is 2.28. The molecule has 0 radical (unpaired) electrons. The van der Waals surface area contributed by atoms with Gasteiger partial charge in [-0.2, -0.15) is 0 Å². The molecule has 1 heterocycles. The molecule has 1 aliphatic heterocycles. The Hall–Kier alpha value is -1.44. The summed E-state index contributed by atoms with van der Waals surface area (Å²) in [5.74, 6) is -0.188. The molecule has 1 unspecified atom stereocenters. The van der Waals surface area contributed by atoms with E-state index in [-0.39, 0.29) is 11.9 Å². The minimum atomic E-state index is -3.15. The number of ether oxygens (including phenoxy) is 1. The lowest BCUT2D eigenvalue weighted by Crippen LogP contribution is -2.47. The quantitative estimate of drug-likeness (QED) is 0.873. The minimum absolute atomic E-state index is 0.0214. The first-order chi connectivity index (χ1) is 10.4. The summed E-state index contributed by atoms with van der Waals surface area (Å²) < 4.78 is 29.7. The maximum absolute atomic E-state index is 12.4. The van der Waals surface area contributed by atoms with Crippen molar-refractivity contribution in [3.8, 4) is 0 Å². The van der Waals surface area contributed by atoms with E-state index in [4.69, 9.17) is 4.74 Å². The van der Waals surface area contributed by atoms with Crippen LogP contribution in [0.15, 0.2) is 30.3 Å². The van der Waals surface area contributed by atoms with Crippen LogP contribution in [-0.2, 0) is 19.6 Å². The van der Waals surface area contributed by atoms with Gasteiger partial charge in [-0.1, -0.05) is 30.3 Å². The minimum Gasteiger partial charge on any atom is -0.367 e. The lowest BCUT2D eigenvalue weighted by atomic mass is 10.0. The number of nitrogens with one attached hydrogen (secondary N) is 1. The van der Waals surface area contributed by atoms with Crippen molar-refractivity contribution >= 4 is 15.9 Å². The molecule has 1 aromatic carbocycles. The molecule has 1 N–H and O–H groups in total. The lowest BCUT2D eigenvalue weighted by molar-refractivity contribution is -0.132. The van der Waals surface area contributed by atoms with Gasteiger partial charge in [-0.3, -0.25) is 4.79 Å². The number of hydrogen-bond donors (Lipinski definition) is 1. The number of nitrogens with zero attached hydrogens (tertiary/aromatic N) is 1. The maximum Gasteiger partial charge on any atom is 0.253 e. The molecule has 0 spiro atoms. The Morgan fingerprint density at radius 3 is 2.36 bits per heavy atom. The zero-order chi connectivity index (χ0) is 16.2. The van der Waals surface area contributed by atoms with E-state index in [0.717, 1.165) is 5.56 Å². The number of hydrogen-bond acceptors (Lipinski definition) is 4. The molecule has 0 aromatic heterocycles. The summed E-state index contributed by atoms with van der Waals surface area (Å²) in [5, 5.41) is 2.95. The van der Waals surface area contributed by atoms with E-state index < -0.39 is 16.1 Å². The molecule has 1 amide bonds. The first-order valence-electron chi connectivity index (χ1n) is 7.25. The summed E-state index contributed by atoms with van der Waals surface area (Å²) in [6, 6.07) is 9.28. The second-order valence-corrected chi connectivity index (χ2v) is 7.45. The Morgan fingerprint density at radius 1 is 1.27 bits per heavy atom. The van der Waals surface area contributed by atoms with Crippen LogP contribution >= 0.6 is 0 Å². The van der Waals surface area contributed by atoms with Crippen molar-refractivity contribution < 1.29 is 17.9 Å². The molecule has 7 heteroatoms. The van der Waals surface area contributed by atoms with Crippen LogP contribution < -0.4 is 5.32 Å². The van der Waals surface area contributed by atoms with Gasteiger partial charge in [-0.25, -0.2) is 12.7 Å². The van der Waals surface area contributed by atoms with Crippen molar-refractivity contribution in [2.45, 2.75) is 25.0 Å². The van der Waals surface area contributed by atoms with Crippen LogP contribution in [0.1, 0.15) is 24.5 Å². The number of methoxy groups -OCH3 is 1. The number of carbonyl (C=O) groups excluding carboxylic acids is 1. The fraction of sp³-hybridized carbons (Fsp3) is 0.533. The van der Waals surface area contributed by atoms with E-state index in [1.54, 1.807) is 0 Å². The number of sulfonamides is 1. The van der Waals surface area contributed by atoms with Gasteiger partial charge in [0.25, 0.3) is 5.91 Å². The van der Waals surface area contributed by atoms with Crippen molar-refractivity contribution in [1.82, 2.24) is 9.62 Å². The summed E-state index contributed by atoms with van der Waals surface area (Å²) in [7, 11) is -1.64. The maximum atomic E-state index is 12.4. The highest BCUT2D eigenvalue weighted by Crippen LogP contribution is 2.18. The molecule has 0 bridgehead atoms. The van der Waals surface area contributed by atoms with Crippen LogP contribution in [0.4, 0.5) is 0 Å². The Labute approximate surface area is 131 Å². The number of piperidine rings is 1. The number of benzene rings is 1. The van der Waals surface area contributed by atoms with Crippen LogP contribution in [0.2, 0.25) is 0 Å². The largest absolute Gasteiger partial charge is 0.367 e. The summed E-state index contributed by atoms with van der Waals surface area (Å²) in [4.78, 5) is 12.4. The highest BCUT2D eigenvalue weighted by atomic mass is 32.2. The lowest BCUT2D eigenvalue weighted by Gasteiger charge is -2.31. The van der Waals surface area contributed by atoms with Gasteiger partial charge in [0.1, 0.15) is 0 Å². The topological polar surface area (TPSA) is 75.7 Å². The Morgan fingerprint density at radius 2 is 1.86 bits per heavy atom. The summed E-state index contributed by atoms with van der Waals surface area (Å²) >= 11 is 0. The molecule has 0 aliphatic carbocycles. The molecule has 22 heavy (non-hydrogen) atoms. The Bertz CT molecular complexity index is 595. The van der Waals surface area contributed by atoms with E-state index in [1.807, 2.05) is 30.3 Å². The molecule has 122 valence electrons. The number of rotatable bonds is 5. The van der Waals surface area contributed by atoms with Gasteiger partial charge in [-0.15, -0.1) is 0 Å². The third kappa shape index (κ3) is 4.28. The molecule has 1 fully saturated rings. The van der Waals surface area contributed by atoms with Crippen molar-refractivity contribution in [3.05, 3.63) is 35.9 Å². The zero-order valence-corrected chi connectivity index (χ0v) is 13.7. The molecule has 1 atom stereocenters. The van der Waals surface area contributed by atoms with Gasteiger partial charge in [0.05, 0.1) is 6.26 Å². The van der Waals surface area contributed by atoms with Crippen LogP contribution in [-0.4, -0.2) is 51.1 Å². The normalized spacial score (nSPS) is 18.8. The first kappa shape index (κ1) is 16.9. The smallest absolute Gasteiger partial charge is 0.253 e. The second kappa shape index (κ2) is 7.21. The average molecular weight is 326 g/mol. The third-order valence-corrected chi connectivity index (χ3v) is 5.15. The predicted molar refractivity (Wildman–Crippen MR) is 83.8 cm³/mol. The van der Waals surface area contributed by atoms with E-state index in [0.29, 0.717) is 25.9 Å². The summed E-state index contributed by atoms with van der Waals surface area (Å²) in [6.45, 7) is 0.875. The summed E-state index contributed by atoms with van der Waals surface area (Å²) in [6.07, 6.45) is 1.80. The fourth-order valence-electron chi connectivity index (χ4n) is 2.63. The molecule has 2 rings (SSSR count). The average Bonchev–Trinajstić information content (AvgIpc) is 2.48. The van der Waals surface area contributed by atoms with Gasteiger partial charge in [0.2, 0.25) is 10.0 Å². The first-order valence-corrected chi connectivity index (χ1v) is 9.10. The van der Waals surface area contributed by atoms with Crippen molar-refractivity contribution in [1.29, 1.82) is 0 Å². The SMILES string of the molecule is COC(C(=O)NC1CCN(S(C)(=O)=O)CC1)c1ccccc1.